The zero-order valence-corrected chi connectivity index (χ0v) is 16.4. The van der Waals surface area contributed by atoms with Gasteiger partial charge in [0.25, 0.3) is 0 Å². The van der Waals surface area contributed by atoms with Crippen molar-refractivity contribution >= 4 is 11.9 Å². The molecule has 2 fully saturated rings. The van der Waals surface area contributed by atoms with Gasteiger partial charge in [0, 0.05) is 50.0 Å². The lowest BCUT2D eigenvalue weighted by atomic mass is 9.79. The van der Waals surface area contributed by atoms with Crippen molar-refractivity contribution in [1.82, 2.24) is 9.80 Å². The van der Waals surface area contributed by atoms with Gasteiger partial charge in [-0.25, -0.2) is 8.78 Å². The maximum Gasteiger partial charge on any atom is 0.305 e. The van der Waals surface area contributed by atoms with Crippen molar-refractivity contribution in [2.24, 2.45) is 5.41 Å². The summed E-state index contributed by atoms with van der Waals surface area (Å²) in [5.41, 5.74) is 0.408. The van der Waals surface area contributed by atoms with Crippen molar-refractivity contribution in [3.8, 4) is 0 Å². The Morgan fingerprint density at radius 1 is 1.14 bits per heavy atom. The molecule has 0 saturated carbocycles. The molecule has 1 amide bonds. The molecule has 0 radical (unpaired) electrons. The number of piperidine rings is 1. The monoisotopic (exact) mass is 394 g/mol. The van der Waals surface area contributed by atoms with E-state index in [4.69, 9.17) is 0 Å². The first kappa shape index (κ1) is 20.7. The minimum atomic E-state index is -0.811. The number of nitrogens with zero attached hydrogens (tertiary/aromatic N) is 2. The molecule has 7 heteroatoms. The van der Waals surface area contributed by atoms with Crippen molar-refractivity contribution in [2.45, 2.75) is 45.1 Å². The van der Waals surface area contributed by atoms with Crippen LogP contribution in [0.25, 0.3) is 0 Å². The quantitative estimate of drug-likeness (QED) is 0.696. The van der Waals surface area contributed by atoms with Crippen molar-refractivity contribution in [2.75, 3.05) is 33.3 Å². The second-order valence-electron chi connectivity index (χ2n) is 8.02. The van der Waals surface area contributed by atoms with Gasteiger partial charge in [-0.15, -0.1) is 0 Å². The maximum absolute atomic E-state index is 14.0. The van der Waals surface area contributed by atoms with Crippen molar-refractivity contribution in [3.05, 3.63) is 35.4 Å². The van der Waals surface area contributed by atoms with E-state index in [0.29, 0.717) is 31.5 Å². The van der Waals surface area contributed by atoms with Crippen LogP contribution in [-0.2, 0) is 20.9 Å². The fraction of sp³-hybridized carbons (Fsp3) is 0.619. The van der Waals surface area contributed by atoms with Crippen LogP contribution in [0, 0.1) is 17.0 Å². The highest BCUT2D eigenvalue weighted by Gasteiger charge is 2.42. The zero-order valence-electron chi connectivity index (χ0n) is 16.4. The summed E-state index contributed by atoms with van der Waals surface area (Å²) < 4.78 is 32.1. The Hall–Kier alpha value is -2.02. The highest BCUT2D eigenvalue weighted by molar-refractivity contribution is 5.77. The summed E-state index contributed by atoms with van der Waals surface area (Å²) in [5.74, 6) is -1.79. The number of esters is 1. The number of ether oxygens (including phenoxy) is 1. The average Bonchev–Trinajstić information content (AvgIpc) is 3.08. The maximum atomic E-state index is 14.0. The number of halogens is 2. The van der Waals surface area contributed by atoms with Gasteiger partial charge in [0.05, 0.1) is 7.11 Å². The van der Waals surface area contributed by atoms with Gasteiger partial charge in [-0.05, 0) is 38.3 Å². The van der Waals surface area contributed by atoms with E-state index in [1.165, 1.54) is 13.2 Å². The van der Waals surface area contributed by atoms with Gasteiger partial charge >= 0.3 is 5.97 Å². The predicted octanol–water partition coefficient (Wildman–Crippen LogP) is 3.12. The molecule has 5 nitrogen and oxygen atoms in total. The van der Waals surface area contributed by atoms with Gasteiger partial charge in [0.2, 0.25) is 5.91 Å². The number of likely N-dealkylation sites (tertiary alicyclic amines) is 2. The summed E-state index contributed by atoms with van der Waals surface area (Å²) in [7, 11) is 1.35. The second kappa shape index (κ2) is 8.99. The SMILES string of the molecule is COC(=O)CCCC(=O)N1CCC2(CCCN(Cc3cccc(F)c3F)C2)C1. The number of carbonyl (C=O) groups is 2. The molecule has 0 aliphatic carbocycles. The molecule has 2 heterocycles. The highest BCUT2D eigenvalue weighted by Crippen LogP contribution is 2.39. The van der Waals surface area contributed by atoms with Gasteiger partial charge in [-0.2, -0.15) is 0 Å². The van der Waals surface area contributed by atoms with E-state index < -0.39 is 11.6 Å². The van der Waals surface area contributed by atoms with Gasteiger partial charge in [-0.1, -0.05) is 12.1 Å². The van der Waals surface area contributed by atoms with Gasteiger partial charge < -0.3 is 9.64 Å². The molecule has 1 aromatic rings. The Morgan fingerprint density at radius 3 is 2.75 bits per heavy atom. The molecule has 1 spiro atoms. The van der Waals surface area contributed by atoms with E-state index in [0.717, 1.165) is 45.0 Å². The van der Waals surface area contributed by atoms with Crippen LogP contribution in [0.5, 0.6) is 0 Å². The van der Waals surface area contributed by atoms with Crippen LogP contribution in [-0.4, -0.2) is 55.0 Å². The third kappa shape index (κ3) is 4.87. The van der Waals surface area contributed by atoms with Crippen molar-refractivity contribution < 1.29 is 23.1 Å². The number of benzene rings is 1. The van der Waals surface area contributed by atoms with Crippen LogP contribution in [0.15, 0.2) is 18.2 Å². The molecule has 0 bridgehead atoms. The molecule has 1 aromatic carbocycles. The first-order valence-electron chi connectivity index (χ1n) is 9.92. The molecule has 154 valence electrons. The van der Waals surface area contributed by atoms with Gasteiger partial charge in [0.15, 0.2) is 11.6 Å². The third-order valence-corrected chi connectivity index (χ3v) is 5.96. The smallest absolute Gasteiger partial charge is 0.305 e. The Kier molecular flexibility index (Phi) is 6.65. The third-order valence-electron chi connectivity index (χ3n) is 5.96. The molecule has 2 aliphatic heterocycles. The fourth-order valence-corrected chi connectivity index (χ4v) is 4.48. The summed E-state index contributed by atoms with van der Waals surface area (Å²) in [6.45, 7) is 3.45. The van der Waals surface area contributed by atoms with Crippen molar-refractivity contribution in [3.63, 3.8) is 0 Å². The van der Waals surface area contributed by atoms with Crippen LogP contribution < -0.4 is 0 Å². The van der Waals surface area contributed by atoms with E-state index in [1.54, 1.807) is 6.07 Å². The number of carbonyl (C=O) groups excluding carboxylic acids is 2. The zero-order chi connectivity index (χ0) is 20.1. The van der Waals surface area contributed by atoms with Crippen LogP contribution in [0.3, 0.4) is 0 Å². The molecule has 0 aromatic heterocycles. The number of rotatable bonds is 6. The fourth-order valence-electron chi connectivity index (χ4n) is 4.48. The highest BCUT2D eigenvalue weighted by atomic mass is 19.2. The second-order valence-corrected chi connectivity index (χ2v) is 8.02. The summed E-state index contributed by atoms with van der Waals surface area (Å²) in [5, 5.41) is 0. The largest absolute Gasteiger partial charge is 0.469 e. The molecule has 2 saturated heterocycles. The molecule has 0 N–H and O–H groups in total. The number of hydrogen-bond donors (Lipinski definition) is 0. The number of methoxy groups -OCH3 is 1. The van der Waals surface area contributed by atoms with Crippen LogP contribution >= 0.6 is 0 Å². The lowest BCUT2D eigenvalue weighted by Crippen LogP contribution is -2.45. The molecule has 3 rings (SSSR count). The molecule has 1 unspecified atom stereocenters. The molecular weight excluding hydrogens is 366 g/mol. The predicted molar refractivity (Wildman–Crippen MR) is 100 cm³/mol. The minimum Gasteiger partial charge on any atom is -0.469 e. The van der Waals surface area contributed by atoms with Crippen LogP contribution in [0.2, 0.25) is 0 Å². The summed E-state index contributed by atoms with van der Waals surface area (Å²) in [6.07, 6.45) is 4.07. The lowest BCUT2D eigenvalue weighted by molar-refractivity contribution is -0.140. The Labute approximate surface area is 164 Å². The number of hydrogen-bond acceptors (Lipinski definition) is 4. The molecule has 28 heavy (non-hydrogen) atoms. The lowest BCUT2D eigenvalue weighted by Gasteiger charge is -2.40. The van der Waals surface area contributed by atoms with Crippen LogP contribution in [0.4, 0.5) is 8.78 Å². The van der Waals surface area contributed by atoms with E-state index in [9.17, 15) is 18.4 Å². The molecular formula is C21H28F2N2O3. The van der Waals surface area contributed by atoms with E-state index in [-0.39, 0.29) is 23.7 Å². The van der Waals surface area contributed by atoms with Gasteiger partial charge in [0.1, 0.15) is 0 Å². The Balaban J connectivity index is 1.54. The van der Waals surface area contributed by atoms with E-state index >= 15 is 0 Å². The summed E-state index contributed by atoms with van der Waals surface area (Å²) in [4.78, 5) is 27.7. The van der Waals surface area contributed by atoms with Crippen LogP contribution in [0.1, 0.15) is 44.1 Å². The number of amides is 1. The summed E-state index contributed by atoms with van der Waals surface area (Å²) >= 11 is 0. The molecule has 1 atom stereocenters. The standard InChI is InChI=1S/C21H28F2N2O3/c1-28-19(27)8-3-7-18(26)25-12-10-21(15-25)9-4-11-24(14-21)13-16-5-2-6-17(22)20(16)23/h2,5-6H,3-4,7-15H2,1H3. The minimum absolute atomic E-state index is 0.0278. The molecule has 2 aliphatic rings. The Morgan fingerprint density at radius 2 is 1.96 bits per heavy atom. The van der Waals surface area contributed by atoms with Crippen molar-refractivity contribution in [1.29, 1.82) is 0 Å². The summed E-state index contributed by atoms with van der Waals surface area (Å²) in [6, 6.07) is 4.31. The topological polar surface area (TPSA) is 49.9 Å². The Bertz CT molecular complexity index is 728. The average molecular weight is 394 g/mol. The van der Waals surface area contributed by atoms with E-state index in [2.05, 4.69) is 9.64 Å². The van der Waals surface area contributed by atoms with Gasteiger partial charge in [-0.3, -0.25) is 14.5 Å². The normalized spacial score (nSPS) is 22.6. The first-order chi connectivity index (χ1) is 13.4. The van der Waals surface area contributed by atoms with E-state index in [1.807, 2.05) is 4.90 Å². The first-order valence-corrected chi connectivity index (χ1v) is 9.92.